The van der Waals surface area contributed by atoms with E-state index >= 15 is 0 Å². The average Bonchev–Trinajstić information content (AvgIpc) is 3.08. The van der Waals surface area contributed by atoms with Crippen molar-refractivity contribution in [2.75, 3.05) is 7.11 Å². The molecule has 3 aromatic rings. The van der Waals surface area contributed by atoms with E-state index in [1.54, 1.807) is 14.0 Å². The van der Waals surface area contributed by atoms with Gasteiger partial charge in [0.2, 0.25) is 0 Å². The van der Waals surface area contributed by atoms with Gasteiger partial charge in [0.15, 0.2) is 0 Å². The zero-order valence-corrected chi connectivity index (χ0v) is 19.1. The van der Waals surface area contributed by atoms with Crippen molar-refractivity contribution in [1.82, 2.24) is 9.78 Å². The van der Waals surface area contributed by atoms with Gasteiger partial charge >= 0.3 is 5.97 Å². The Morgan fingerprint density at radius 1 is 1.16 bits per heavy atom. The molecule has 1 N–H and O–H groups in total. The molecule has 32 heavy (non-hydrogen) atoms. The van der Waals surface area contributed by atoms with E-state index in [1.165, 1.54) is 0 Å². The molecule has 6 nitrogen and oxygen atoms in total. The molecule has 3 rings (SSSR count). The standard InChI is InChI=1S/C26H30N2O4/c1-5-6-21(14-26(29)30)20-8-10-22(11-9-20)32-16-19-7-12-23-24(17-31-4)27-28(15-18(2)3)25(23)13-19/h7-13,18,21H,14-17H2,1-4H3,(H,29,30)/t21-/m0/s1. The van der Waals surface area contributed by atoms with Crippen LogP contribution in [-0.2, 0) is 29.3 Å². The van der Waals surface area contributed by atoms with Gasteiger partial charge in [0.25, 0.3) is 0 Å². The largest absolute Gasteiger partial charge is 0.489 e. The lowest BCUT2D eigenvalue weighted by atomic mass is 9.96. The molecule has 0 saturated carbocycles. The van der Waals surface area contributed by atoms with Crippen LogP contribution in [0.15, 0.2) is 42.5 Å². The molecule has 1 atom stereocenters. The molecule has 0 amide bonds. The van der Waals surface area contributed by atoms with E-state index in [4.69, 9.17) is 19.7 Å². The van der Waals surface area contributed by atoms with Crippen molar-refractivity contribution in [2.24, 2.45) is 5.92 Å². The second-order valence-electron chi connectivity index (χ2n) is 8.21. The number of carboxylic acid groups (broad SMARTS) is 1. The van der Waals surface area contributed by atoms with Gasteiger partial charge in [-0.15, -0.1) is 5.92 Å². The lowest BCUT2D eigenvalue weighted by Gasteiger charge is -2.11. The van der Waals surface area contributed by atoms with Gasteiger partial charge in [-0.05, 0) is 42.2 Å². The molecule has 0 unspecified atom stereocenters. The minimum absolute atomic E-state index is 0.0177. The molecule has 2 aromatic carbocycles. The van der Waals surface area contributed by atoms with Gasteiger partial charge in [-0.2, -0.15) is 5.10 Å². The maximum atomic E-state index is 11.1. The summed E-state index contributed by atoms with van der Waals surface area (Å²) in [5.41, 5.74) is 3.95. The molecule has 0 aliphatic heterocycles. The Hall–Kier alpha value is -3.30. The number of methoxy groups -OCH3 is 1. The van der Waals surface area contributed by atoms with Gasteiger partial charge in [-0.3, -0.25) is 9.48 Å². The molecule has 0 saturated heterocycles. The number of carbonyl (C=O) groups is 1. The number of hydrogen-bond acceptors (Lipinski definition) is 4. The monoisotopic (exact) mass is 434 g/mol. The highest BCUT2D eigenvalue weighted by atomic mass is 16.5. The third-order valence-corrected chi connectivity index (χ3v) is 5.10. The Kier molecular flexibility index (Phi) is 7.91. The normalized spacial score (nSPS) is 11.9. The Morgan fingerprint density at radius 3 is 2.53 bits per heavy atom. The predicted molar refractivity (Wildman–Crippen MR) is 125 cm³/mol. The number of aliphatic carboxylic acids is 1. The Bertz CT molecular complexity index is 1120. The summed E-state index contributed by atoms with van der Waals surface area (Å²) in [6.07, 6.45) is -0.0177. The molecule has 168 valence electrons. The third kappa shape index (κ3) is 5.89. The summed E-state index contributed by atoms with van der Waals surface area (Å²) < 4.78 is 13.3. The van der Waals surface area contributed by atoms with Gasteiger partial charge in [0, 0.05) is 19.0 Å². The van der Waals surface area contributed by atoms with Crippen molar-refractivity contribution >= 4 is 16.9 Å². The van der Waals surface area contributed by atoms with E-state index in [9.17, 15) is 4.79 Å². The van der Waals surface area contributed by atoms with Crippen molar-refractivity contribution in [3.63, 3.8) is 0 Å². The lowest BCUT2D eigenvalue weighted by Crippen LogP contribution is -2.06. The average molecular weight is 435 g/mol. The number of carboxylic acids is 1. The number of benzene rings is 2. The highest BCUT2D eigenvalue weighted by Gasteiger charge is 2.14. The summed E-state index contributed by atoms with van der Waals surface area (Å²) >= 11 is 0. The number of nitrogens with zero attached hydrogens (tertiary/aromatic N) is 2. The fraction of sp³-hybridized carbons (Fsp3) is 0.385. The van der Waals surface area contributed by atoms with Crippen LogP contribution in [0.2, 0.25) is 0 Å². The van der Waals surface area contributed by atoms with E-state index in [0.29, 0.717) is 19.1 Å². The Balaban J connectivity index is 1.75. The third-order valence-electron chi connectivity index (χ3n) is 5.10. The predicted octanol–water partition coefficient (Wildman–Crippen LogP) is 5.00. The fourth-order valence-corrected chi connectivity index (χ4v) is 3.67. The molecule has 0 aliphatic carbocycles. The van der Waals surface area contributed by atoms with E-state index in [1.807, 2.05) is 28.9 Å². The van der Waals surface area contributed by atoms with Crippen LogP contribution in [-0.4, -0.2) is 28.0 Å². The first-order chi connectivity index (χ1) is 15.4. The van der Waals surface area contributed by atoms with Crippen molar-refractivity contribution in [1.29, 1.82) is 0 Å². The minimum Gasteiger partial charge on any atom is -0.489 e. The van der Waals surface area contributed by atoms with Gasteiger partial charge < -0.3 is 14.6 Å². The summed E-state index contributed by atoms with van der Waals surface area (Å²) in [5.74, 6) is 5.80. The van der Waals surface area contributed by atoms with Crippen molar-refractivity contribution in [2.45, 2.75) is 52.9 Å². The van der Waals surface area contributed by atoms with Gasteiger partial charge in [0.1, 0.15) is 12.4 Å². The fourth-order valence-electron chi connectivity index (χ4n) is 3.67. The highest BCUT2D eigenvalue weighted by Crippen LogP contribution is 2.25. The zero-order valence-electron chi connectivity index (χ0n) is 19.1. The summed E-state index contributed by atoms with van der Waals surface area (Å²) in [6, 6.07) is 13.7. The van der Waals surface area contributed by atoms with E-state index in [0.717, 1.165) is 40.0 Å². The first-order valence-electron chi connectivity index (χ1n) is 10.7. The molecule has 6 heteroatoms. The van der Waals surface area contributed by atoms with Crippen LogP contribution in [0.4, 0.5) is 0 Å². The molecule has 1 aromatic heterocycles. The van der Waals surface area contributed by atoms with Crippen LogP contribution in [0.5, 0.6) is 5.75 Å². The summed E-state index contributed by atoms with van der Waals surface area (Å²) in [6.45, 7) is 7.81. The van der Waals surface area contributed by atoms with Crippen LogP contribution in [0.3, 0.4) is 0 Å². The minimum atomic E-state index is -0.862. The number of rotatable bonds is 10. The van der Waals surface area contributed by atoms with Gasteiger partial charge in [-0.25, -0.2) is 0 Å². The second kappa shape index (κ2) is 10.8. The Morgan fingerprint density at radius 2 is 1.91 bits per heavy atom. The molecule has 0 aliphatic rings. The molecule has 0 spiro atoms. The molecule has 0 radical (unpaired) electrons. The smallest absolute Gasteiger partial charge is 0.304 e. The summed E-state index contributed by atoms with van der Waals surface area (Å²) in [5, 5.41) is 14.9. The van der Waals surface area contributed by atoms with E-state index < -0.39 is 5.97 Å². The number of aromatic nitrogens is 2. The number of ether oxygens (including phenoxy) is 2. The maximum Gasteiger partial charge on any atom is 0.304 e. The highest BCUT2D eigenvalue weighted by molar-refractivity contribution is 5.82. The number of hydrogen-bond donors (Lipinski definition) is 1. The molecule has 0 bridgehead atoms. The topological polar surface area (TPSA) is 73.6 Å². The van der Waals surface area contributed by atoms with Crippen molar-refractivity contribution in [3.05, 3.63) is 59.3 Å². The van der Waals surface area contributed by atoms with Crippen LogP contribution < -0.4 is 4.74 Å². The van der Waals surface area contributed by atoms with Gasteiger partial charge in [-0.1, -0.05) is 44.0 Å². The zero-order chi connectivity index (χ0) is 23.1. The second-order valence-corrected chi connectivity index (χ2v) is 8.21. The van der Waals surface area contributed by atoms with Crippen LogP contribution in [0.25, 0.3) is 10.9 Å². The number of fused-ring (bicyclic) bond motifs is 1. The summed E-state index contributed by atoms with van der Waals surface area (Å²) in [7, 11) is 1.68. The lowest BCUT2D eigenvalue weighted by molar-refractivity contribution is -0.137. The van der Waals surface area contributed by atoms with Crippen molar-refractivity contribution in [3.8, 4) is 17.6 Å². The maximum absolute atomic E-state index is 11.1. The van der Waals surface area contributed by atoms with Crippen LogP contribution >= 0.6 is 0 Å². The first kappa shape index (κ1) is 23.4. The van der Waals surface area contributed by atoms with Gasteiger partial charge in [0.05, 0.1) is 30.2 Å². The van der Waals surface area contributed by atoms with E-state index in [2.05, 4.69) is 43.9 Å². The van der Waals surface area contributed by atoms with Crippen LogP contribution in [0.1, 0.15) is 49.9 Å². The van der Waals surface area contributed by atoms with Crippen molar-refractivity contribution < 1.29 is 19.4 Å². The molecule has 0 fully saturated rings. The molecular formula is C26H30N2O4. The quantitative estimate of drug-likeness (QED) is 0.455. The summed E-state index contributed by atoms with van der Waals surface area (Å²) in [4.78, 5) is 11.1. The SMILES string of the molecule is CC#C[C@@H](CC(=O)O)c1ccc(OCc2ccc3c(COC)nn(CC(C)C)c3c2)cc1. The molecule has 1 heterocycles. The molecular weight excluding hydrogens is 404 g/mol. The first-order valence-corrected chi connectivity index (χ1v) is 10.7. The van der Waals surface area contributed by atoms with Crippen LogP contribution in [0, 0.1) is 17.8 Å². The Labute approximate surface area is 189 Å². The van der Waals surface area contributed by atoms with E-state index in [-0.39, 0.29) is 12.3 Å².